The monoisotopic (exact) mass is 294 g/mol. The smallest absolute Gasteiger partial charge is 0.328 e. The van der Waals surface area contributed by atoms with E-state index < -0.39 is 12.0 Å². The Kier molecular flexibility index (Phi) is 6.83. The Bertz CT molecular complexity index is 503. The van der Waals surface area contributed by atoms with Gasteiger partial charge in [-0.05, 0) is 42.2 Å². The molecular formula is C14H18N2O3S. The minimum atomic E-state index is -1.02. The molecule has 0 heterocycles. The molecule has 0 saturated heterocycles. The molecule has 6 heteroatoms. The third-order valence-corrected chi connectivity index (χ3v) is 3.19. The van der Waals surface area contributed by atoms with Crippen LogP contribution in [0.15, 0.2) is 30.3 Å². The zero-order valence-corrected chi connectivity index (χ0v) is 12.0. The van der Waals surface area contributed by atoms with Crippen molar-refractivity contribution in [3.63, 3.8) is 0 Å². The van der Waals surface area contributed by atoms with Gasteiger partial charge < -0.3 is 16.2 Å². The highest BCUT2D eigenvalue weighted by Gasteiger charge is 2.12. The number of benzene rings is 1. The van der Waals surface area contributed by atoms with Crippen molar-refractivity contribution >= 4 is 35.4 Å². The zero-order valence-electron chi connectivity index (χ0n) is 11.2. The summed E-state index contributed by atoms with van der Waals surface area (Å²) in [6, 6.07) is 6.38. The summed E-state index contributed by atoms with van der Waals surface area (Å²) in [5, 5.41) is 11.3. The molecule has 1 rings (SSSR count). The van der Waals surface area contributed by atoms with E-state index in [-0.39, 0.29) is 5.91 Å². The minimum Gasteiger partial charge on any atom is -0.478 e. The van der Waals surface area contributed by atoms with Crippen molar-refractivity contribution in [3.8, 4) is 0 Å². The lowest BCUT2D eigenvalue weighted by Gasteiger charge is -2.11. The van der Waals surface area contributed by atoms with Crippen LogP contribution in [-0.2, 0) is 9.59 Å². The molecule has 1 aromatic rings. The van der Waals surface area contributed by atoms with Crippen LogP contribution in [-0.4, -0.2) is 35.0 Å². The van der Waals surface area contributed by atoms with Gasteiger partial charge in [0.2, 0.25) is 5.91 Å². The van der Waals surface area contributed by atoms with E-state index in [0.29, 0.717) is 17.7 Å². The molecule has 108 valence electrons. The number of nitrogens with one attached hydrogen (secondary N) is 1. The van der Waals surface area contributed by atoms with E-state index >= 15 is 0 Å². The number of nitrogens with two attached hydrogens (primary N) is 1. The topological polar surface area (TPSA) is 92.4 Å². The van der Waals surface area contributed by atoms with Gasteiger partial charge in [-0.25, -0.2) is 4.79 Å². The SMILES string of the molecule is CSCC[C@@H](N)C(=O)Nc1cccc(/C=C/C(=O)O)c1. The maximum Gasteiger partial charge on any atom is 0.328 e. The number of rotatable bonds is 7. The Morgan fingerprint density at radius 1 is 1.50 bits per heavy atom. The molecule has 0 aliphatic carbocycles. The van der Waals surface area contributed by atoms with Crippen molar-refractivity contribution < 1.29 is 14.7 Å². The minimum absolute atomic E-state index is 0.238. The summed E-state index contributed by atoms with van der Waals surface area (Å²) in [6.45, 7) is 0. The summed E-state index contributed by atoms with van der Waals surface area (Å²) < 4.78 is 0. The standard InChI is InChI=1S/C14H18N2O3S/c1-20-8-7-12(15)14(19)16-11-4-2-3-10(9-11)5-6-13(17)18/h2-6,9,12H,7-8,15H2,1H3,(H,16,19)(H,17,18)/b6-5+/t12-/m1/s1. The first-order valence-electron chi connectivity index (χ1n) is 6.09. The average Bonchev–Trinajstić information content (AvgIpc) is 2.42. The Labute approximate surface area is 122 Å². The molecular weight excluding hydrogens is 276 g/mol. The Hall–Kier alpha value is -1.79. The van der Waals surface area contributed by atoms with Gasteiger partial charge in [0.15, 0.2) is 0 Å². The van der Waals surface area contributed by atoms with E-state index in [1.165, 1.54) is 6.08 Å². The van der Waals surface area contributed by atoms with Crippen LogP contribution < -0.4 is 11.1 Å². The summed E-state index contributed by atoms with van der Waals surface area (Å²) in [4.78, 5) is 22.3. The number of hydrogen-bond donors (Lipinski definition) is 3. The highest BCUT2D eigenvalue weighted by Crippen LogP contribution is 2.12. The Morgan fingerprint density at radius 2 is 2.25 bits per heavy atom. The van der Waals surface area contributed by atoms with Gasteiger partial charge in [0.05, 0.1) is 6.04 Å². The summed E-state index contributed by atoms with van der Waals surface area (Å²) in [6.07, 6.45) is 5.09. The van der Waals surface area contributed by atoms with E-state index in [2.05, 4.69) is 5.32 Å². The molecule has 0 unspecified atom stereocenters. The lowest BCUT2D eigenvalue weighted by molar-refractivity contribution is -0.131. The van der Waals surface area contributed by atoms with Gasteiger partial charge in [0.1, 0.15) is 0 Å². The second kappa shape index (κ2) is 8.39. The molecule has 0 fully saturated rings. The van der Waals surface area contributed by atoms with E-state index in [0.717, 1.165) is 11.8 Å². The van der Waals surface area contributed by atoms with Crippen molar-refractivity contribution in [3.05, 3.63) is 35.9 Å². The second-order valence-corrected chi connectivity index (χ2v) is 5.16. The van der Waals surface area contributed by atoms with E-state index in [4.69, 9.17) is 10.8 Å². The van der Waals surface area contributed by atoms with Gasteiger partial charge in [0.25, 0.3) is 0 Å². The molecule has 0 bridgehead atoms. The molecule has 0 aliphatic rings. The first kappa shape index (κ1) is 16.3. The summed E-state index contributed by atoms with van der Waals surface area (Å²) in [5.74, 6) is -0.423. The van der Waals surface area contributed by atoms with Gasteiger partial charge in [-0.15, -0.1) is 0 Å². The lowest BCUT2D eigenvalue weighted by atomic mass is 10.1. The molecule has 20 heavy (non-hydrogen) atoms. The summed E-state index contributed by atoms with van der Waals surface area (Å²) in [5.41, 5.74) is 7.07. The normalized spacial score (nSPS) is 12.3. The fourth-order valence-corrected chi connectivity index (χ4v) is 1.99. The Morgan fingerprint density at radius 3 is 2.90 bits per heavy atom. The fourth-order valence-electron chi connectivity index (χ4n) is 1.50. The molecule has 0 aromatic heterocycles. The first-order valence-corrected chi connectivity index (χ1v) is 7.48. The molecule has 1 aromatic carbocycles. The summed E-state index contributed by atoms with van der Waals surface area (Å²) >= 11 is 1.64. The number of anilines is 1. The molecule has 1 amide bonds. The van der Waals surface area contributed by atoms with E-state index in [1.54, 1.807) is 36.0 Å². The zero-order chi connectivity index (χ0) is 15.0. The number of thioether (sulfide) groups is 1. The molecule has 0 saturated carbocycles. The second-order valence-electron chi connectivity index (χ2n) is 4.17. The largest absolute Gasteiger partial charge is 0.478 e. The van der Waals surface area contributed by atoms with E-state index in [9.17, 15) is 9.59 Å². The van der Waals surface area contributed by atoms with Crippen LogP contribution in [0.4, 0.5) is 5.69 Å². The third-order valence-electron chi connectivity index (χ3n) is 2.54. The molecule has 1 atom stereocenters. The van der Waals surface area contributed by atoms with Crippen LogP contribution in [0.25, 0.3) is 6.08 Å². The average molecular weight is 294 g/mol. The number of aliphatic carboxylic acids is 1. The maximum atomic E-state index is 11.8. The van der Waals surface area contributed by atoms with Crippen LogP contribution in [0.5, 0.6) is 0 Å². The van der Waals surface area contributed by atoms with Crippen LogP contribution >= 0.6 is 11.8 Å². The third kappa shape index (κ3) is 5.90. The highest BCUT2D eigenvalue weighted by atomic mass is 32.2. The highest BCUT2D eigenvalue weighted by molar-refractivity contribution is 7.98. The molecule has 0 radical (unpaired) electrons. The van der Waals surface area contributed by atoms with Gasteiger partial charge >= 0.3 is 5.97 Å². The summed E-state index contributed by atoms with van der Waals surface area (Å²) in [7, 11) is 0. The van der Waals surface area contributed by atoms with Crippen molar-refractivity contribution in [2.75, 3.05) is 17.3 Å². The van der Waals surface area contributed by atoms with Crippen LogP contribution in [0, 0.1) is 0 Å². The van der Waals surface area contributed by atoms with Crippen LogP contribution in [0.3, 0.4) is 0 Å². The number of carboxylic acids is 1. The van der Waals surface area contributed by atoms with Crippen molar-refractivity contribution in [1.82, 2.24) is 0 Å². The maximum absolute atomic E-state index is 11.8. The van der Waals surface area contributed by atoms with Crippen LogP contribution in [0.1, 0.15) is 12.0 Å². The van der Waals surface area contributed by atoms with Crippen LogP contribution in [0.2, 0.25) is 0 Å². The van der Waals surface area contributed by atoms with Gasteiger partial charge in [0, 0.05) is 11.8 Å². The molecule has 5 nitrogen and oxygen atoms in total. The van der Waals surface area contributed by atoms with Crippen molar-refractivity contribution in [1.29, 1.82) is 0 Å². The quantitative estimate of drug-likeness (QED) is 0.667. The van der Waals surface area contributed by atoms with Gasteiger partial charge in [-0.3, -0.25) is 4.79 Å². The fraction of sp³-hybridized carbons (Fsp3) is 0.286. The van der Waals surface area contributed by atoms with Crippen molar-refractivity contribution in [2.24, 2.45) is 5.73 Å². The predicted molar refractivity (Wildman–Crippen MR) is 82.7 cm³/mol. The number of hydrogen-bond acceptors (Lipinski definition) is 4. The predicted octanol–water partition coefficient (Wildman–Crippen LogP) is 1.80. The first-order chi connectivity index (χ1) is 9.52. The Balaban J connectivity index is 2.66. The number of amides is 1. The molecule has 0 spiro atoms. The van der Waals surface area contributed by atoms with Gasteiger partial charge in [-0.2, -0.15) is 11.8 Å². The number of carbonyl (C=O) groups excluding carboxylic acids is 1. The number of carbonyl (C=O) groups is 2. The molecule has 4 N–H and O–H groups in total. The number of carboxylic acid groups (broad SMARTS) is 1. The van der Waals surface area contributed by atoms with Gasteiger partial charge in [-0.1, -0.05) is 12.1 Å². The molecule has 0 aliphatic heterocycles. The lowest BCUT2D eigenvalue weighted by Crippen LogP contribution is -2.36. The van der Waals surface area contributed by atoms with Crippen molar-refractivity contribution in [2.45, 2.75) is 12.5 Å². The van der Waals surface area contributed by atoms with E-state index in [1.807, 2.05) is 6.26 Å².